The van der Waals surface area contributed by atoms with E-state index in [9.17, 15) is 5.26 Å². The molecule has 4 aromatic carbocycles. The molecule has 0 aromatic heterocycles. The van der Waals surface area contributed by atoms with E-state index < -0.39 is 0 Å². The molecule has 0 heterocycles. The predicted octanol–water partition coefficient (Wildman–Crippen LogP) is 9.94. The lowest BCUT2D eigenvalue weighted by molar-refractivity contribution is 0.590. The molecule has 0 amide bonds. The molecule has 0 atom stereocenters. The van der Waals surface area contributed by atoms with Crippen LogP contribution in [0.4, 0.5) is 17.1 Å². The van der Waals surface area contributed by atoms with Crippen molar-refractivity contribution in [3.63, 3.8) is 0 Å². The maximum absolute atomic E-state index is 9.17. The number of benzene rings is 4. The highest BCUT2D eigenvalue weighted by molar-refractivity contribution is 6.31. The van der Waals surface area contributed by atoms with E-state index in [4.69, 9.17) is 11.6 Å². The highest BCUT2D eigenvalue weighted by Gasteiger charge is 2.19. The summed E-state index contributed by atoms with van der Waals surface area (Å²) in [6.45, 7) is 13.4. The molecule has 0 spiro atoms. The maximum atomic E-state index is 9.17. The first-order valence-corrected chi connectivity index (χ1v) is 12.7. The minimum atomic E-state index is 0.0799. The first-order valence-electron chi connectivity index (χ1n) is 12.3. The Labute approximate surface area is 220 Å². The van der Waals surface area contributed by atoms with Crippen molar-refractivity contribution in [1.29, 1.82) is 5.26 Å². The third kappa shape index (κ3) is 5.64. The van der Waals surface area contributed by atoms with Crippen molar-refractivity contribution in [2.75, 3.05) is 4.90 Å². The van der Waals surface area contributed by atoms with Crippen LogP contribution in [-0.2, 0) is 10.8 Å². The number of rotatable bonds is 4. The van der Waals surface area contributed by atoms with E-state index in [2.05, 4.69) is 107 Å². The molecule has 0 aliphatic carbocycles. The maximum Gasteiger partial charge on any atom is 0.0991 e. The summed E-state index contributed by atoms with van der Waals surface area (Å²) in [4.78, 5) is 2.25. The largest absolute Gasteiger partial charge is 0.310 e. The summed E-state index contributed by atoms with van der Waals surface area (Å²) in [7, 11) is 0. The minimum absolute atomic E-state index is 0.0799. The Balaban J connectivity index is 1.85. The van der Waals surface area contributed by atoms with E-state index in [0.29, 0.717) is 10.6 Å². The van der Waals surface area contributed by atoms with Crippen molar-refractivity contribution in [3.8, 4) is 17.2 Å². The lowest BCUT2D eigenvalue weighted by Gasteiger charge is -2.28. The van der Waals surface area contributed by atoms with Gasteiger partial charge in [-0.05, 0) is 87.7 Å². The van der Waals surface area contributed by atoms with Gasteiger partial charge in [-0.3, -0.25) is 0 Å². The fraction of sp³-hybridized carbons (Fsp3) is 0.242. The molecule has 0 bridgehead atoms. The van der Waals surface area contributed by atoms with Gasteiger partial charge in [0.2, 0.25) is 0 Å². The average molecular weight is 493 g/mol. The Bertz CT molecular complexity index is 1320. The van der Waals surface area contributed by atoms with Crippen molar-refractivity contribution in [3.05, 3.63) is 113 Å². The molecule has 0 fully saturated rings. The zero-order valence-corrected chi connectivity index (χ0v) is 22.7. The number of halogens is 1. The van der Waals surface area contributed by atoms with Crippen LogP contribution in [0.1, 0.15) is 58.2 Å². The summed E-state index contributed by atoms with van der Waals surface area (Å²) in [5.74, 6) is 0. The monoisotopic (exact) mass is 492 g/mol. The van der Waals surface area contributed by atoms with E-state index in [-0.39, 0.29) is 10.8 Å². The van der Waals surface area contributed by atoms with Crippen LogP contribution in [0.5, 0.6) is 0 Å². The van der Waals surface area contributed by atoms with E-state index in [1.807, 2.05) is 36.4 Å². The van der Waals surface area contributed by atoms with Gasteiger partial charge in [-0.2, -0.15) is 5.26 Å². The molecule has 0 radical (unpaired) electrons. The quantitative estimate of drug-likeness (QED) is 0.283. The summed E-state index contributed by atoms with van der Waals surface area (Å²) in [6.07, 6.45) is 0. The van der Waals surface area contributed by atoms with Crippen LogP contribution in [0, 0.1) is 11.3 Å². The zero-order chi connectivity index (χ0) is 26.1. The molecule has 0 aliphatic heterocycles. The van der Waals surface area contributed by atoms with Gasteiger partial charge in [-0.1, -0.05) is 89.5 Å². The summed E-state index contributed by atoms with van der Waals surface area (Å²) >= 11 is 6.67. The summed E-state index contributed by atoms with van der Waals surface area (Å²) in [6, 6.07) is 33.5. The molecule has 3 heteroatoms. The lowest BCUT2D eigenvalue weighted by atomic mass is 9.86. The van der Waals surface area contributed by atoms with Crippen LogP contribution in [-0.4, -0.2) is 0 Å². The molecule has 0 saturated heterocycles. The normalized spacial score (nSPS) is 11.7. The van der Waals surface area contributed by atoms with Crippen LogP contribution in [0.2, 0.25) is 5.02 Å². The molecule has 0 aliphatic rings. The Hall–Kier alpha value is -3.54. The topological polar surface area (TPSA) is 27.0 Å². The van der Waals surface area contributed by atoms with Crippen molar-refractivity contribution in [2.45, 2.75) is 52.4 Å². The van der Waals surface area contributed by atoms with E-state index in [1.165, 1.54) is 11.1 Å². The summed E-state index contributed by atoms with van der Waals surface area (Å²) < 4.78 is 0. The standard InChI is InChI=1S/C33H33ClN2/c1-32(2,3)26-11-15-29(16-12-26)36(30-17-13-27(14-18-30)33(4,5)6)31-20-25(19-28(34)21-31)24-9-7-23(22-35)8-10-24/h7-21H,1-6H3. The van der Waals surface area contributed by atoms with E-state index in [1.54, 1.807) is 0 Å². The molecule has 4 rings (SSSR count). The van der Waals surface area contributed by atoms with Gasteiger partial charge in [-0.25, -0.2) is 0 Å². The SMILES string of the molecule is CC(C)(C)c1ccc(N(c2ccc(C(C)(C)C)cc2)c2cc(Cl)cc(-c3ccc(C#N)cc3)c2)cc1. The van der Waals surface area contributed by atoms with Gasteiger partial charge in [0.25, 0.3) is 0 Å². The Morgan fingerprint density at radius 1 is 0.583 bits per heavy atom. The predicted molar refractivity (Wildman–Crippen MR) is 154 cm³/mol. The second-order valence-electron chi connectivity index (χ2n) is 11.3. The Morgan fingerprint density at radius 3 is 1.47 bits per heavy atom. The third-order valence-corrected chi connectivity index (χ3v) is 6.69. The lowest BCUT2D eigenvalue weighted by Crippen LogP contribution is -2.14. The van der Waals surface area contributed by atoms with Gasteiger partial charge in [0.1, 0.15) is 0 Å². The van der Waals surface area contributed by atoms with Crippen molar-refractivity contribution in [2.24, 2.45) is 0 Å². The first kappa shape index (κ1) is 25.5. The molecular formula is C33H33ClN2. The molecule has 0 N–H and O–H groups in total. The summed E-state index contributed by atoms with van der Waals surface area (Å²) in [5.41, 5.74) is 8.52. The van der Waals surface area contributed by atoms with Gasteiger partial charge in [0.15, 0.2) is 0 Å². The van der Waals surface area contributed by atoms with Crippen molar-refractivity contribution < 1.29 is 0 Å². The fourth-order valence-electron chi connectivity index (χ4n) is 4.28. The summed E-state index contributed by atoms with van der Waals surface area (Å²) in [5, 5.41) is 9.84. The number of hydrogen-bond acceptors (Lipinski definition) is 2. The fourth-order valence-corrected chi connectivity index (χ4v) is 4.50. The Morgan fingerprint density at radius 2 is 1.06 bits per heavy atom. The first-order chi connectivity index (χ1) is 17.0. The van der Waals surface area contributed by atoms with E-state index >= 15 is 0 Å². The van der Waals surface area contributed by atoms with Gasteiger partial charge in [0, 0.05) is 22.1 Å². The van der Waals surface area contributed by atoms with Gasteiger partial charge >= 0.3 is 0 Å². The Kier molecular flexibility index (Phi) is 6.98. The van der Waals surface area contributed by atoms with Gasteiger partial charge in [-0.15, -0.1) is 0 Å². The average Bonchev–Trinajstić information content (AvgIpc) is 2.83. The van der Waals surface area contributed by atoms with Gasteiger partial charge < -0.3 is 4.90 Å². The minimum Gasteiger partial charge on any atom is -0.310 e. The molecule has 0 saturated carbocycles. The van der Waals surface area contributed by atoms with Crippen molar-refractivity contribution in [1.82, 2.24) is 0 Å². The molecule has 182 valence electrons. The van der Waals surface area contributed by atoms with Crippen LogP contribution in [0.15, 0.2) is 91.0 Å². The molecule has 0 unspecified atom stereocenters. The van der Waals surface area contributed by atoms with Crippen LogP contribution in [0.25, 0.3) is 11.1 Å². The molecular weight excluding hydrogens is 460 g/mol. The molecule has 2 nitrogen and oxygen atoms in total. The second-order valence-corrected chi connectivity index (χ2v) is 11.8. The number of anilines is 3. The highest BCUT2D eigenvalue weighted by atomic mass is 35.5. The van der Waals surface area contributed by atoms with Crippen LogP contribution < -0.4 is 4.90 Å². The molecule has 4 aromatic rings. The van der Waals surface area contributed by atoms with E-state index in [0.717, 1.165) is 28.2 Å². The van der Waals surface area contributed by atoms with Crippen LogP contribution in [0.3, 0.4) is 0 Å². The smallest absolute Gasteiger partial charge is 0.0991 e. The number of nitrogens with zero attached hydrogens (tertiary/aromatic N) is 2. The number of nitriles is 1. The molecule has 36 heavy (non-hydrogen) atoms. The van der Waals surface area contributed by atoms with Crippen molar-refractivity contribution >= 4 is 28.7 Å². The number of hydrogen-bond donors (Lipinski definition) is 0. The van der Waals surface area contributed by atoms with Crippen LogP contribution >= 0.6 is 11.6 Å². The second kappa shape index (κ2) is 9.84. The third-order valence-electron chi connectivity index (χ3n) is 6.47. The highest BCUT2D eigenvalue weighted by Crippen LogP contribution is 2.40. The zero-order valence-electron chi connectivity index (χ0n) is 21.9. The van der Waals surface area contributed by atoms with Gasteiger partial charge in [0.05, 0.1) is 11.6 Å².